The van der Waals surface area contributed by atoms with Gasteiger partial charge in [-0.3, -0.25) is 14.4 Å². The van der Waals surface area contributed by atoms with Crippen LogP contribution in [-0.2, 0) is 11.9 Å². The number of carbonyl (C=O) groups is 3. The smallest absolute Gasteiger partial charge is 0.338 e. The number of imide groups is 1. The van der Waals surface area contributed by atoms with Crippen molar-refractivity contribution in [2.45, 2.75) is 0 Å². The van der Waals surface area contributed by atoms with Gasteiger partial charge in [0.15, 0.2) is 5.43 Å². The molecule has 0 spiro atoms. The normalized spacial score (nSPS) is 13.2. The molecule has 0 fully saturated rings. The lowest BCUT2D eigenvalue weighted by Crippen LogP contribution is -2.34. The molecule has 1 aromatic heterocycles. The zero-order valence-electron chi connectivity index (χ0n) is 13.6. The van der Waals surface area contributed by atoms with Crippen LogP contribution in [0, 0.1) is 0 Å². The highest BCUT2D eigenvalue weighted by Crippen LogP contribution is 2.23. The molecule has 2 amide bonds. The first-order chi connectivity index (χ1) is 12.5. The van der Waals surface area contributed by atoms with Crippen molar-refractivity contribution in [3.63, 3.8) is 0 Å². The highest BCUT2D eigenvalue weighted by molar-refractivity contribution is 6.21. The Hall–Kier alpha value is -3.74. The van der Waals surface area contributed by atoms with Crippen LogP contribution in [0.4, 0.5) is 0 Å². The maximum Gasteiger partial charge on any atom is 0.380 e. The van der Waals surface area contributed by atoms with E-state index in [9.17, 15) is 19.2 Å². The number of fused-ring (bicyclic) bond motifs is 2. The summed E-state index contributed by atoms with van der Waals surface area (Å²) in [5, 5.41) is 0.874. The Morgan fingerprint density at radius 1 is 0.885 bits per heavy atom. The van der Waals surface area contributed by atoms with Crippen LogP contribution >= 0.6 is 0 Å². The van der Waals surface area contributed by atoms with Crippen LogP contribution < -0.4 is 5.43 Å². The summed E-state index contributed by atoms with van der Waals surface area (Å²) in [6, 6.07) is 14.1. The van der Waals surface area contributed by atoms with E-state index in [2.05, 4.69) is 0 Å². The van der Waals surface area contributed by atoms with Gasteiger partial charge in [0.25, 0.3) is 11.8 Å². The summed E-state index contributed by atoms with van der Waals surface area (Å²) in [6.07, 6.45) is 0. The molecule has 4 rings (SSSR count). The summed E-state index contributed by atoms with van der Waals surface area (Å²) in [7, 11) is 1.60. The Morgan fingerprint density at radius 2 is 1.46 bits per heavy atom. The summed E-state index contributed by atoms with van der Waals surface area (Å²) in [5.74, 6) is -2.40. The molecule has 1 aliphatic rings. The van der Waals surface area contributed by atoms with E-state index in [1.165, 1.54) is 16.7 Å². The van der Waals surface area contributed by atoms with Crippen molar-refractivity contribution >= 4 is 28.7 Å². The summed E-state index contributed by atoms with van der Waals surface area (Å²) in [4.78, 5) is 54.4. The second-order valence-electron chi connectivity index (χ2n) is 5.80. The maximum atomic E-state index is 12.5. The molecule has 0 aliphatic carbocycles. The van der Waals surface area contributed by atoms with E-state index in [0.717, 1.165) is 6.07 Å². The number of nitrogens with zero attached hydrogens (tertiary/aromatic N) is 2. The Kier molecular flexibility index (Phi) is 3.43. The highest BCUT2D eigenvalue weighted by Gasteiger charge is 2.39. The minimum absolute atomic E-state index is 0.0646. The Morgan fingerprint density at radius 3 is 2.12 bits per heavy atom. The molecule has 0 saturated carbocycles. The second-order valence-corrected chi connectivity index (χ2v) is 5.80. The second kappa shape index (κ2) is 5.66. The van der Waals surface area contributed by atoms with Gasteiger partial charge in [-0.05, 0) is 24.3 Å². The van der Waals surface area contributed by atoms with Gasteiger partial charge in [-0.1, -0.05) is 29.3 Å². The third-order valence-corrected chi connectivity index (χ3v) is 4.30. The van der Waals surface area contributed by atoms with Crippen molar-refractivity contribution in [1.82, 2.24) is 9.63 Å². The van der Waals surface area contributed by atoms with Gasteiger partial charge in [-0.25, -0.2) is 4.79 Å². The molecule has 0 unspecified atom stereocenters. The standard InChI is InChI=1S/C19H12N2O5/c1-20-14-9-5-4-8-13(14)16(22)10-15(20)19(25)26-21-17(23)11-6-2-3-7-12(11)18(21)24/h2-10H,1H3. The molecule has 1 aliphatic heterocycles. The van der Waals surface area contributed by atoms with Gasteiger partial charge >= 0.3 is 5.97 Å². The lowest BCUT2D eigenvalue weighted by molar-refractivity contribution is -0.0591. The molecule has 0 atom stereocenters. The van der Waals surface area contributed by atoms with Crippen LogP contribution in [0.5, 0.6) is 0 Å². The predicted octanol–water partition coefficient (Wildman–Crippen LogP) is 1.91. The van der Waals surface area contributed by atoms with Crippen molar-refractivity contribution in [2.75, 3.05) is 0 Å². The minimum Gasteiger partial charge on any atom is -0.338 e. The molecule has 2 aromatic carbocycles. The molecule has 7 nitrogen and oxygen atoms in total. The molecule has 3 aromatic rings. The van der Waals surface area contributed by atoms with E-state index in [1.807, 2.05) is 0 Å². The maximum absolute atomic E-state index is 12.5. The monoisotopic (exact) mass is 348 g/mol. The van der Waals surface area contributed by atoms with Gasteiger partial charge in [0.2, 0.25) is 0 Å². The molecule has 26 heavy (non-hydrogen) atoms. The summed E-state index contributed by atoms with van der Waals surface area (Å²) in [5.41, 5.74) is 0.447. The summed E-state index contributed by atoms with van der Waals surface area (Å²) < 4.78 is 1.48. The van der Waals surface area contributed by atoms with Crippen LogP contribution in [0.1, 0.15) is 31.2 Å². The number of carbonyl (C=O) groups excluding carboxylic acids is 3. The molecule has 0 saturated heterocycles. The molecule has 0 radical (unpaired) electrons. The number of para-hydroxylation sites is 1. The fraction of sp³-hybridized carbons (Fsp3) is 0.0526. The van der Waals surface area contributed by atoms with Crippen molar-refractivity contribution in [3.8, 4) is 0 Å². The van der Waals surface area contributed by atoms with Crippen LogP contribution in [-0.4, -0.2) is 27.4 Å². The third-order valence-electron chi connectivity index (χ3n) is 4.30. The lowest BCUT2D eigenvalue weighted by Gasteiger charge is -2.15. The fourth-order valence-corrected chi connectivity index (χ4v) is 2.98. The Balaban J connectivity index is 1.71. The zero-order valence-corrected chi connectivity index (χ0v) is 13.6. The molecule has 2 heterocycles. The first-order valence-electron chi connectivity index (χ1n) is 7.78. The molecule has 128 valence electrons. The third kappa shape index (κ3) is 2.21. The minimum atomic E-state index is -0.968. The Bertz CT molecular complexity index is 1130. The quantitative estimate of drug-likeness (QED) is 0.661. The summed E-state index contributed by atoms with van der Waals surface area (Å²) in [6.45, 7) is 0. The number of hydrogen-bond donors (Lipinski definition) is 0. The van der Waals surface area contributed by atoms with Crippen molar-refractivity contribution in [3.05, 3.63) is 81.6 Å². The van der Waals surface area contributed by atoms with Gasteiger partial charge < -0.3 is 9.40 Å². The Labute approximate surface area is 147 Å². The van der Waals surface area contributed by atoms with E-state index in [0.29, 0.717) is 16.0 Å². The molecular weight excluding hydrogens is 336 g/mol. The van der Waals surface area contributed by atoms with E-state index >= 15 is 0 Å². The van der Waals surface area contributed by atoms with E-state index in [1.54, 1.807) is 43.4 Å². The number of benzene rings is 2. The average molecular weight is 348 g/mol. The largest absolute Gasteiger partial charge is 0.380 e. The molecule has 7 heteroatoms. The molecular formula is C19H12N2O5. The van der Waals surface area contributed by atoms with Gasteiger partial charge in [-0.2, -0.15) is 0 Å². The van der Waals surface area contributed by atoms with Crippen molar-refractivity contribution in [1.29, 1.82) is 0 Å². The summed E-state index contributed by atoms with van der Waals surface area (Å²) >= 11 is 0. The SMILES string of the molecule is Cn1c(C(=O)ON2C(=O)c3ccccc3C2=O)cc(=O)c2ccccc21. The first-order valence-corrected chi connectivity index (χ1v) is 7.78. The van der Waals surface area contributed by atoms with Crippen molar-refractivity contribution in [2.24, 2.45) is 7.05 Å². The molecule has 0 bridgehead atoms. The van der Waals surface area contributed by atoms with Gasteiger partial charge in [-0.15, -0.1) is 0 Å². The fourth-order valence-electron chi connectivity index (χ4n) is 2.98. The molecule has 0 N–H and O–H groups in total. The number of hydrogen-bond acceptors (Lipinski definition) is 5. The van der Waals surface area contributed by atoms with Crippen molar-refractivity contribution < 1.29 is 19.2 Å². The van der Waals surface area contributed by atoms with Gasteiger partial charge in [0, 0.05) is 18.5 Å². The van der Waals surface area contributed by atoms with Crippen LogP contribution in [0.25, 0.3) is 10.9 Å². The number of hydroxylamine groups is 2. The van der Waals surface area contributed by atoms with Crippen LogP contribution in [0.2, 0.25) is 0 Å². The number of aromatic nitrogens is 1. The van der Waals surface area contributed by atoms with Crippen LogP contribution in [0.3, 0.4) is 0 Å². The topological polar surface area (TPSA) is 85.7 Å². The van der Waals surface area contributed by atoms with Gasteiger partial charge in [0.1, 0.15) is 5.69 Å². The van der Waals surface area contributed by atoms with Crippen LogP contribution in [0.15, 0.2) is 59.4 Å². The number of rotatable bonds is 2. The highest BCUT2D eigenvalue weighted by atomic mass is 16.7. The van der Waals surface area contributed by atoms with E-state index in [-0.39, 0.29) is 22.2 Å². The van der Waals surface area contributed by atoms with E-state index < -0.39 is 17.8 Å². The van der Waals surface area contributed by atoms with E-state index in [4.69, 9.17) is 4.84 Å². The number of amides is 2. The average Bonchev–Trinajstić information content (AvgIpc) is 2.90. The first kappa shape index (κ1) is 15.8. The number of pyridine rings is 1. The van der Waals surface area contributed by atoms with Gasteiger partial charge in [0.05, 0.1) is 16.6 Å². The zero-order chi connectivity index (χ0) is 18.4. The number of aryl methyl sites for hydroxylation is 1. The predicted molar refractivity (Wildman–Crippen MR) is 91.5 cm³/mol. The lowest BCUT2D eigenvalue weighted by atomic mass is 10.1.